The first kappa shape index (κ1) is 10.7. The van der Waals surface area contributed by atoms with Gasteiger partial charge in [-0.05, 0) is 12.8 Å². The van der Waals surface area contributed by atoms with Gasteiger partial charge < -0.3 is 10.3 Å². The summed E-state index contributed by atoms with van der Waals surface area (Å²) < 4.78 is 2.27. The van der Waals surface area contributed by atoms with E-state index in [9.17, 15) is 0 Å². The number of imidazole rings is 1. The molecule has 0 saturated carbocycles. The lowest BCUT2D eigenvalue weighted by Gasteiger charge is -2.19. The molecular weight excluding hydrogens is 186 g/mol. The Morgan fingerprint density at radius 2 is 2.07 bits per heavy atom. The number of fused-ring (bicyclic) bond motifs is 1. The molecule has 1 aliphatic rings. The smallest absolute Gasteiger partial charge is 0.114 e. The van der Waals surface area contributed by atoms with E-state index in [0.29, 0.717) is 6.04 Å². The first-order valence-corrected chi connectivity index (χ1v) is 5.70. The standard InChI is InChI=1S/C12H21N3/c1-12(2,3)11-14-9-7-8(13)5-6-10(9)15(11)4/h8H,5-7,13H2,1-4H3. The maximum atomic E-state index is 5.97. The van der Waals surface area contributed by atoms with Crippen molar-refractivity contribution in [2.75, 3.05) is 0 Å². The van der Waals surface area contributed by atoms with Crippen molar-refractivity contribution in [1.29, 1.82) is 0 Å². The average Bonchev–Trinajstić information content (AvgIpc) is 2.42. The van der Waals surface area contributed by atoms with Gasteiger partial charge in [0.05, 0.1) is 5.69 Å². The van der Waals surface area contributed by atoms with Crippen molar-refractivity contribution in [3.05, 3.63) is 17.2 Å². The molecule has 0 amide bonds. The van der Waals surface area contributed by atoms with Crippen LogP contribution in [-0.4, -0.2) is 15.6 Å². The summed E-state index contributed by atoms with van der Waals surface area (Å²) in [7, 11) is 2.13. The topological polar surface area (TPSA) is 43.8 Å². The lowest BCUT2D eigenvalue weighted by atomic mass is 9.96. The van der Waals surface area contributed by atoms with E-state index in [1.165, 1.54) is 17.2 Å². The van der Waals surface area contributed by atoms with E-state index in [0.717, 1.165) is 19.3 Å². The zero-order chi connectivity index (χ0) is 11.2. The van der Waals surface area contributed by atoms with E-state index < -0.39 is 0 Å². The molecule has 1 heterocycles. The molecule has 1 aliphatic carbocycles. The summed E-state index contributed by atoms with van der Waals surface area (Å²) in [5.74, 6) is 1.18. The molecule has 2 rings (SSSR count). The van der Waals surface area contributed by atoms with Crippen LogP contribution in [0.2, 0.25) is 0 Å². The van der Waals surface area contributed by atoms with Crippen LogP contribution in [0.15, 0.2) is 0 Å². The fraction of sp³-hybridized carbons (Fsp3) is 0.750. The molecule has 0 saturated heterocycles. The highest BCUT2D eigenvalue weighted by Gasteiger charge is 2.27. The Labute approximate surface area is 91.7 Å². The monoisotopic (exact) mass is 207 g/mol. The predicted molar refractivity (Wildman–Crippen MR) is 61.9 cm³/mol. The molecule has 84 valence electrons. The third-order valence-electron chi connectivity index (χ3n) is 3.17. The fourth-order valence-electron chi connectivity index (χ4n) is 2.41. The maximum absolute atomic E-state index is 5.97. The molecule has 1 aromatic rings. The fourth-order valence-corrected chi connectivity index (χ4v) is 2.41. The van der Waals surface area contributed by atoms with E-state index in [1.54, 1.807) is 0 Å². The molecule has 3 heteroatoms. The molecule has 0 aliphatic heterocycles. The minimum absolute atomic E-state index is 0.121. The quantitative estimate of drug-likeness (QED) is 0.701. The van der Waals surface area contributed by atoms with Crippen molar-refractivity contribution in [2.24, 2.45) is 12.8 Å². The van der Waals surface area contributed by atoms with Crippen LogP contribution in [0.25, 0.3) is 0 Å². The normalized spacial score (nSPS) is 21.5. The minimum atomic E-state index is 0.121. The van der Waals surface area contributed by atoms with Gasteiger partial charge in [0, 0.05) is 30.6 Å². The molecule has 0 spiro atoms. The number of hydrogen-bond donors (Lipinski definition) is 1. The molecule has 0 aromatic carbocycles. The summed E-state index contributed by atoms with van der Waals surface area (Å²) in [6.45, 7) is 6.63. The van der Waals surface area contributed by atoms with Crippen LogP contribution < -0.4 is 5.73 Å². The van der Waals surface area contributed by atoms with Crippen LogP contribution in [0.4, 0.5) is 0 Å². The Morgan fingerprint density at radius 3 is 2.67 bits per heavy atom. The second-order valence-electron chi connectivity index (χ2n) is 5.64. The van der Waals surface area contributed by atoms with Crippen molar-refractivity contribution in [3.8, 4) is 0 Å². The predicted octanol–water partition coefficient (Wildman–Crippen LogP) is 1.53. The van der Waals surface area contributed by atoms with Crippen molar-refractivity contribution in [3.63, 3.8) is 0 Å². The Morgan fingerprint density at radius 1 is 1.40 bits per heavy atom. The summed E-state index contributed by atoms with van der Waals surface area (Å²) in [6.07, 6.45) is 3.12. The highest BCUT2D eigenvalue weighted by Crippen LogP contribution is 2.27. The van der Waals surface area contributed by atoms with Gasteiger partial charge in [0.15, 0.2) is 0 Å². The Hall–Kier alpha value is -0.830. The van der Waals surface area contributed by atoms with E-state index in [1.807, 2.05) is 0 Å². The van der Waals surface area contributed by atoms with Gasteiger partial charge in [0.1, 0.15) is 5.82 Å². The second kappa shape index (κ2) is 3.34. The van der Waals surface area contributed by atoms with Gasteiger partial charge in [-0.3, -0.25) is 0 Å². The van der Waals surface area contributed by atoms with E-state index in [2.05, 4.69) is 32.4 Å². The third-order valence-corrected chi connectivity index (χ3v) is 3.17. The van der Waals surface area contributed by atoms with Crippen LogP contribution in [0.5, 0.6) is 0 Å². The molecule has 0 bridgehead atoms. The average molecular weight is 207 g/mol. The van der Waals surface area contributed by atoms with Gasteiger partial charge in [0.2, 0.25) is 0 Å². The summed E-state index contributed by atoms with van der Waals surface area (Å²) in [5, 5.41) is 0. The van der Waals surface area contributed by atoms with E-state index in [4.69, 9.17) is 10.7 Å². The number of nitrogens with zero attached hydrogens (tertiary/aromatic N) is 2. The van der Waals surface area contributed by atoms with Crippen LogP contribution in [0.3, 0.4) is 0 Å². The van der Waals surface area contributed by atoms with Crippen LogP contribution in [0, 0.1) is 0 Å². The van der Waals surface area contributed by atoms with Gasteiger partial charge >= 0.3 is 0 Å². The summed E-state index contributed by atoms with van der Waals surface area (Å²) in [4.78, 5) is 4.75. The SMILES string of the molecule is Cn1c(C(C)(C)C)nc2c1CCC(N)C2. The second-order valence-corrected chi connectivity index (χ2v) is 5.64. The Balaban J connectivity index is 2.45. The number of rotatable bonds is 0. The molecular formula is C12H21N3. The van der Waals surface area contributed by atoms with E-state index >= 15 is 0 Å². The molecule has 1 atom stereocenters. The Kier molecular flexibility index (Phi) is 2.38. The molecule has 3 nitrogen and oxygen atoms in total. The lowest BCUT2D eigenvalue weighted by Crippen LogP contribution is -2.28. The highest BCUT2D eigenvalue weighted by molar-refractivity contribution is 5.24. The number of nitrogens with two attached hydrogens (primary N) is 1. The van der Waals surface area contributed by atoms with Gasteiger partial charge in [-0.15, -0.1) is 0 Å². The lowest BCUT2D eigenvalue weighted by molar-refractivity contribution is 0.515. The van der Waals surface area contributed by atoms with Gasteiger partial charge in [-0.1, -0.05) is 20.8 Å². The van der Waals surface area contributed by atoms with Crippen LogP contribution >= 0.6 is 0 Å². The zero-order valence-electron chi connectivity index (χ0n) is 10.2. The Bertz CT molecular complexity index is 371. The van der Waals surface area contributed by atoms with Crippen LogP contribution in [-0.2, 0) is 25.3 Å². The van der Waals surface area contributed by atoms with Crippen LogP contribution in [0.1, 0.15) is 44.4 Å². The summed E-state index contributed by atoms with van der Waals surface area (Å²) >= 11 is 0. The highest BCUT2D eigenvalue weighted by atomic mass is 15.1. The minimum Gasteiger partial charge on any atom is -0.334 e. The third kappa shape index (κ3) is 1.81. The number of hydrogen-bond acceptors (Lipinski definition) is 2. The summed E-state index contributed by atoms with van der Waals surface area (Å²) in [6, 6.07) is 0.306. The number of aromatic nitrogens is 2. The first-order valence-electron chi connectivity index (χ1n) is 5.70. The molecule has 1 unspecified atom stereocenters. The van der Waals surface area contributed by atoms with E-state index in [-0.39, 0.29) is 5.41 Å². The molecule has 0 fully saturated rings. The van der Waals surface area contributed by atoms with Crippen molar-refractivity contribution < 1.29 is 0 Å². The molecule has 15 heavy (non-hydrogen) atoms. The van der Waals surface area contributed by atoms with Crippen molar-refractivity contribution in [1.82, 2.24) is 9.55 Å². The maximum Gasteiger partial charge on any atom is 0.114 e. The van der Waals surface area contributed by atoms with Gasteiger partial charge in [-0.2, -0.15) is 0 Å². The van der Waals surface area contributed by atoms with Crippen molar-refractivity contribution >= 4 is 0 Å². The molecule has 0 radical (unpaired) electrons. The van der Waals surface area contributed by atoms with Crippen molar-refractivity contribution in [2.45, 2.75) is 51.5 Å². The largest absolute Gasteiger partial charge is 0.334 e. The van der Waals surface area contributed by atoms with Gasteiger partial charge in [-0.25, -0.2) is 4.98 Å². The summed E-state index contributed by atoms with van der Waals surface area (Å²) in [5.41, 5.74) is 8.70. The molecule has 1 aromatic heterocycles. The molecule has 2 N–H and O–H groups in total. The van der Waals surface area contributed by atoms with Gasteiger partial charge in [0.25, 0.3) is 0 Å². The zero-order valence-corrected chi connectivity index (χ0v) is 10.2. The first-order chi connectivity index (χ1) is 6.89.